The first-order valence-electron chi connectivity index (χ1n) is 3.51. The van der Waals surface area contributed by atoms with Crippen LogP contribution in [0.1, 0.15) is 0 Å². The van der Waals surface area contributed by atoms with Gasteiger partial charge in [0, 0.05) is 5.92 Å². The molecule has 64 valence electrons. The summed E-state index contributed by atoms with van der Waals surface area (Å²) in [5, 5.41) is 27.3. The van der Waals surface area contributed by atoms with Crippen molar-refractivity contribution in [3.05, 3.63) is 0 Å². The molecular weight excluding hydrogens is 152 g/mol. The standard InChI is InChI=1S/C6H10O5/c7-4-2-1-10-5(8)3(2)6(9)11-4/h2-9H,1H2. The molecule has 0 spiro atoms. The Hall–Kier alpha value is -0.200. The summed E-state index contributed by atoms with van der Waals surface area (Å²) in [6.07, 6.45) is -3.12. The van der Waals surface area contributed by atoms with Crippen LogP contribution in [0.4, 0.5) is 0 Å². The van der Waals surface area contributed by atoms with Crippen LogP contribution >= 0.6 is 0 Å². The average molecular weight is 162 g/mol. The highest BCUT2D eigenvalue weighted by Gasteiger charge is 2.51. The van der Waals surface area contributed by atoms with Gasteiger partial charge in [0.25, 0.3) is 0 Å². The molecule has 5 unspecified atom stereocenters. The summed E-state index contributed by atoms with van der Waals surface area (Å²) in [4.78, 5) is 0. The molecule has 2 saturated heterocycles. The highest BCUT2D eigenvalue weighted by molar-refractivity contribution is 4.86. The molecule has 5 atom stereocenters. The van der Waals surface area contributed by atoms with Crippen LogP contribution in [0.15, 0.2) is 0 Å². The molecule has 0 amide bonds. The van der Waals surface area contributed by atoms with E-state index in [1.807, 2.05) is 0 Å². The summed E-state index contributed by atoms with van der Waals surface area (Å²) in [7, 11) is 0. The van der Waals surface area contributed by atoms with Gasteiger partial charge in [-0.2, -0.15) is 0 Å². The van der Waals surface area contributed by atoms with E-state index in [0.717, 1.165) is 0 Å². The predicted molar refractivity (Wildman–Crippen MR) is 32.0 cm³/mol. The molecule has 0 bridgehead atoms. The molecule has 2 aliphatic heterocycles. The van der Waals surface area contributed by atoms with Gasteiger partial charge in [-0.3, -0.25) is 0 Å². The molecule has 0 aromatic rings. The lowest BCUT2D eigenvalue weighted by molar-refractivity contribution is -0.208. The largest absolute Gasteiger partial charge is 0.368 e. The Kier molecular flexibility index (Phi) is 1.62. The maximum atomic E-state index is 9.12. The number of rotatable bonds is 0. The van der Waals surface area contributed by atoms with Gasteiger partial charge >= 0.3 is 0 Å². The maximum absolute atomic E-state index is 9.12. The van der Waals surface area contributed by atoms with Gasteiger partial charge in [0.2, 0.25) is 0 Å². The Bertz CT molecular complexity index is 161. The number of hydrogen-bond acceptors (Lipinski definition) is 5. The lowest BCUT2D eigenvalue weighted by Crippen LogP contribution is -2.26. The van der Waals surface area contributed by atoms with Crippen molar-refractivity contribution < 1.29 is 24.8 Å². The van der Waals surface area contributed by atoms with Gasteiger partial charge in [0.1, 0.15) is 0 Å². The van der Waals surface area contributed by atoms with Crippen LogP contribution in [0, 0.1) is 11.8 Å². The molecule has 2 rings (SSSR count). The van der Waals surface area contributed by atoms with Gasteiger partial charge in [-0.05, 0) is 0 Å². The van der Waals surface area contributed by atoms with E-state index in [-0.39, 0.29) is 12.5 Å². The van der Waals surface area contributed by atoms with E-state index >= 15 is 0 Å². The molecule has 11 heavy (non-hydrogen) atoms. The summed E-state index contributed by atoms with van der Waals surface area (Å²) in [5.41, 5.74) is 0. The zero-order chi connectivity index (χ0) is 8.01. The van der Waals surface area contributed by atoms with E-state index in [2.05, 4.69) is 4.74 Å². The lowest BCUT2D eigenvalue weighted by Gasteiger charge is -2.12. The van der Waals surface area contributed by atoms with Crippen LogP contribution in [0.3, 0.4) is 0 Å². The number of aliphatic hydroxyl groups is 3. The zero-order valence-electron chi connectivity index (χ0n) is 5.75. The molecule has 3 N–H and O–H groups in total. The minimum absolute atomic E-state index is 0.240. The Morgan fingerprint density at radius 3 is 2.36 bits per heavy atom. The van der Waals surface area contributed by atoms with Gasteiger partial charge < -0.3 is 24.8 Å². The summed E-state index contributed by atoms with van der Waals surface area (Å²) in [6, 6.07) is 0. The second kappa shape index (κ2) is 2.40. The van der Waals surface area contributed by atoms with Crippen molar-refractivity contribution in [3.63, 3.8) is 0 Å². The highest BCUT2D eigenvalue weighted by Crippen LogP contribution is 2.38. The number of aliphatic hydroxyl groups excluding tert-OH is 3. The summed E-state index contributed by atoms with van der Waals surface area (Å²) < 4.78 is 9.49. The number of fused-ring (bicyclic) bond motifs is 1. The topological polar surface area (TPSA) is 79.2 Å². The lowest BCUT2D eigenvalue weighted by atomic mass is 9.97. The highest BCUT2D eigenvalue weighted by atomic mass is 16.7. The van der Waals surface area contributed by atoms with Crippen molar-refractivity contribution in [1.29, 1.82) is 0 Å². The maximum Gasteiger partial charge on any atom is 0.165 e. The second-order valence-corrected chi connectivity index (χ2v) is 2.88. The monoisotopic (exact) mass is 162 g/mol. The van der Waals surface area contributed by atoms with Crippen molar-refractivity contribution in [2.75, 3.05) is 6.61 Å². The van der Waals surface area contributed by atoms with Crippen molar-refractivity contribution in [2.24, 2.45) is 11.8 Å². The van der Waals surface area contributed by atoms with E-state index in [1.165, 1.54) is 0 Å². The fourth-order valence-electron chi connectivity index (χ4n) is 1.60. The van der Waals surface area contributed by atoms with Gasteiger partial charge in [-0.1, -0.05) is 0 Å². The first kappa shape index (κ1) is 7.45. The van der Waals surface area contributed by atoms with E-state index in [1.54, 1.807) is 0 Å². The van der Waals surface area contributed by atoms with E-state index in [4.69, 9.17) is 20.1 Å². The molecule has 0 radical (unpaired) electrons. The predicted octanol–water partition coefficient (Wildman–Crippen LogP) is -1.77. The van der Waals surface area contributed by atoms with Gasteiger partial charge in [0.05, 0.1) is 12.5 Å². The molecule has 5 heteroatoms. The number of hydrogen-bond donors (Lipinski definition) is 3. The zero-order valence-corrected chi connectivity index (χ0v) is 5.75. The number of ether oxygens (including phenoxy) is 2. The molecule has 0 aromatic carbocycles. The molecule has 0 aliphatic carbocycles. The molecule has 2 heterocycles. The van der Waals surface area contributed by atoms with Gasteiger partial charge in [0.15, 0.2) is 18.9 Å². The Morgan fingerprint density at radius 1 is 1.00 bits per heavy atom. The summed E-state index contributed by atoms with van der Waals surface area (Å²) in [6.45, 7) is 0.240. The average Bonchev–Trinajstić information content (AvgIpc) is 2.41. The molecule has 2 aliphatic rings. The van der Waals surface area contributed by atoms with Gasteiger partial charge in [-0.25, -0.2) is 0 Å². The van der Waals surface area contributed by atoms with Crippen LogP contribution in [-0.2, 0) is 9.47 Å². The van der Waals surface area contributed by atoms with Crippen molar-refractivity contribution >= 4 is 0 Å². The first-order chi connectivity index (χ1) is 5.20. The smallest absolute Gasteiger partial charge is 0.165 e. The minimum Gasteiger partial charge on any atom is -0.368 e. The third kappa shape index (κ3) is 0.969. The van der Waals surface area contributed by atoms with Crippen LogP contribution < -0.4 is 0 Å². The Balaban J connectivity index is 2.15. The van der Waals surface area contributed by atoms with Crippen LogP contribution in [0.2, 0.25) is 0 Å². The quantitative estimate of drug-likeness (QED) is 0.393. The minimum atomic E-state index is -1.10. The third-order valence-corrected chi connectivity index (χ3v) is 2.26. The molecular formula is C6H10O5. The second-order valence-electron chi connectivity index (χ2n) is 2.88. The third-order valence-electron chi connectivity index (χ3n) is 2.26. The fourth-order valence-corrected chi connectivity index (χ4v) is 1.60. The van der Waals surface area contributed by atoms with E-state index in [9.17, 15) is 0 Å². The van der Waals surface area contributed by atoms with E-state index < -0.39 is 24.8 Å². The Labute approximate surface area is 63.2 Å². The normalized spacial score (nSPS) is 56.5. The first-order valence-corrected chi connectivity index (χ1v) is 3.51. The fraction of sp³-hybridized carbons (Fsp3) is 1.00. The van der Waals surface area contributed by atoms with Crippen molar-refractivity contribution in [3.8, 4) is 0 Å². The molecule has 0 aromatic heterocycles. The summed E-state index contributed by atoms with van der Waals surface area (Å²) >= 11 is 0. The van der Waals surface area contributed by atoms with Gasteiger partial charge in [-0.15, -0.1) is 0 Å². The SMILES string of the molecule is OC1OC(O)C2C(O)OCC12. The van der Waals surface area contributed by atoms with E-state index in [0.29, 0.717) is 0 Å². The van der Waals surface area contributed by atoms with Crippen molar-refractivity contribution in [2.45, 2.75) is 18.9 Å². The Morgan fingerprint density at radius 2 is 1.73 bits per heavy atom. The van der Waals surface area contributed by atoms with Crippen molar-refractivity contribution in [1.82, 2.24) is 0 Å². The van der Waals surface area contributed by atoms with Crippen LogP contribution in [-0.4, -0.2) is 40.8 Å². The molecule has 2 fully saturated rings. The van der Waals surface area contributed by atoms with Crippen LogP contribution in [0.25, 0.3) is 0 Å². The molecule has 0 saturated carbocycles. The molecule has 5 nitrogen and oxygen atoms in total. The summed E-state index contributed by atoms with van der Waals surface area (Å²) in [5.74, 6) is -0.787. The van der Waals surface area contributed by atoms with Crippen LogP contribution in [0.5, 0.6) is 0 Å².